The molecule has 7 heteroatoms. The second-order valence-corrected chi connectivity index (χ2v) is 7.47. The van der Waals surface area contributed by atoms with Crippen molar-refractivity contribution in [3.05, 3.63) is 69.8 Å². The van der Waals surface area contributed by atoms with E-state index in [4.69, 9.17) is 0 Å². The Morgan fingerprint density at radius 2 is 1.83 bits per heavy atom. The second kappa shape index (κ2) is 7.55. The molecule has 2 aromatic rings. The third kappa shape index (κ3) is 4.62. The lowest BCUT2D eigenvalue weighted by molar-refractivity contribution is -0.385. The minimum Gasteiger partial charge on any atom is -0.258 e. The maximum atomic E-state index is 12.4. The number of nitro benzene ring substituents is 1. The maximum Gasteiger partial charge on any atom is 0.273 e. The first-order chi connectivity index (χ1) is 11.3. The molecule has 1 N–H and O–H groups in total. The van der Waals surface area contributed by atoms with Gasteiger partial charge in [-0.3, -0.25) is 10.1 Å². The van der Waals surface area contributed by atoms with Crippen LogP contribution in [0.15, 0.2) is 53.4 Å². The van der Waals surface area contributed by atoms with E-state index in [1.807, 2.05) is 30.3 Å². The summed E-state index contributed by atoms with van der Waals surface area (Å²) in [6.07, 6.45) is 1.38. The summed E-state index contributed by atoms with van der Waals surface area (Å²) >= 11 is 0. The van der Waals surface area contributed by atoms with Gasteiger partial charge in [0.1, 0.15) is 0 Å². The van der Waals surface area contributed by atoms with Crippen LogP contribution in [0.25, 0.3) is 0 Å². The van der Waals surface area contributed by atoms with Crippen LogP contribution in [0.2, 0.25) is 0 Å². The van der Waals surface area contributed by atoms with Gasteiger partial charge >= 0.3 is 0 Å². The molecule has 0 bridgehead atoms. The lowest BCUT2D eigenvalue weighted by atomic mass is 10.1. The van der Waals surface area contributed by atoms with Gasteiger partial charge in [-0.15, -0.1) is 0 Å². The molecular weight excluding hydrogens is 328 g/mol. The molecule has 24 heavy (non-hydrogen) atoms. The number of nitrogens with one attached hydrogen (secondary N) is 1. The smallest absolute Gasteiger partial charge is 0.258 e. The summed E-state index contributed by atoms with van der Waals surface area (Å²) in [5.74, 6) is 0. The zero-order valence-corrected chi connectivity index (χ0v) is 14.4. The van der Waals surface area contributed by atoms with Gasteiger partial charge in [0.25, 0.3) is 5.69 Å². The van der Waals surface area contributed by atoms with Crippen molar-refractivity contribution in [2.75, 3.05) is 0 Å². The number of nitrogens with zero attached hydrogens (tertiary/aromatic N) is 1. The van der Waals surface area contributed by atoms with E-state index in [1.54, 1.807) is 13.8 Å². The number of nitro groups is 1. The normalized spacial score (nSPS) is 12.8. The molecule has 6 nitrogen and oxygen atoms in total. The van der Waals surface area contributed by atoms with Crippen molar-refractivity contribution in [3.8, 4) is 0 Å². The molecule has 0 amide bonds. The SMILES string of the molecule is Cc1ccc(S(=O)(=O)N[C@@H](C)CCc2ccccc2)cc1[N+](=O)[O-]. The summed E-state index contributed by atoms with van der Waals surface area (Å²) in [6, 6.07) is 13.4. The highest BCUT2D eigenvalue weighted by Gasteiger charge is 2.21. The van der Waals surface area contributed by atoms with E-state index in [9.17, 15) is 18.5 Å². The van der Waals surface area contributed by atoms with Gasteiger partial charge in [-0.05, 0) is 38.3 Å². The molecular formula is C17H20N2O4S. The summed E-state index contributed by atoms with van der Waals surface area (Å²) in [6.45, 7) is 3.35. The minimum absolute atomic E-state index is 0.0913. The first-order valence-electron chi connectivity index (χ1n) is 7.61. The van der Waals surface area contributed by atoms with Gasteiger partial charge < -0.3 is 0 Å². The predicted molar refractivity (Wildman–Crippen MR) is 92.4 cm³/mol. The minimum atomic E-state index is -3.79. The highest BCUT2D eigenvalue weighted by atomic mass is 32.2. The van der Waals surface area contributed by atoms with E-state index in [-0.39, 0.29) is 16.6 Å². The van der Waals surface area contributed by atoms with E-state index in [1.165, 1.54) is 12.1 Å². The van der Waals surface area contributed by atoms with Crippen molar-refractivity contribution >= 4 is 15.7 Å². The van der Waals surface area contributed by atoms with E-state index in [2.05, 4.69) is 4.72 Å². The van der Waals surface area contributed by atoms with Crippen LogP contribution >= 0.6 is 0 Å². The van der Waals surface area contributed by atoms with E-state index in [0.29, 0.717) is 12.0 Å². The third-order valence-corrected chi connectivity index (χ3v) is 5.34. The predicted octanol–water partition coefficient (Wildman–Crippen LogP) is 3.20. The standard InChI is InChI=1S/C17H20N2O4S/c1-13-8-11-16(12-17(13)19(20)21)24(22,23)18-14(2)9-10-15-6-4-3-5-7-15/h3-8,11-12,14,18H,9-10H2,1-2H3/t14-/m0/s1. The van der Waals surface area contributed by atoms with E-state index < -0.39 is 14.9 Å². The van der Waals surface area contributed by atoms with Crippen molar-refractivity contribution in [2.45, 2.75) is 37.6 Å². The lowest BCUT2D eigenvalue weighted by Gasteiger charge is -2.14. The molecule has 0 aromatic heterocycles. The molecule has 0 aliphatic carbocycles. The molecule has 2 aromatic carbocycles. The first-order valence-corrected chi connectivity index (χ1v) is 9.09. The second-order valence-electron chi connectivity index (χ2n) is 5.75. The number of hydrogen-bond acceptors (Lipinski definition) is 4. The summed E-state index contributed by atoms with van der Waals surface area (Å²) < 4.78 is 27.4. The van der Waals surface area contributed by atoms with Crippen LogP contribution < -0.4 is 4.72 Å². The molecule has 0 spiro atoms. The number of hydrogen-bond donors (Lipinski definition) is 1. The van der Waals surface area contributed by atoms with Gasteiger partial charge in [0.05, 0.1) is 9.82 Å². The van der Waals surface area contributed by atoms with Gasteiger partial charge in [0, 0.05) is 17.7 Å². The molecule has 0 saturated heterocycles. The third-order valence-electron chi connectivity index (χ3n) is 3.75. The van der Waals surface area contributed by atoms with Crippen LogP contribution in [-0.2, 0) is 16.4 Å². The fourth-order valence-electron chi connectivity index (χ4n) is 2.37. The van der Waals surface area contributed by atoms with Crippen molar-refractivity contribution in [1.29, 1.82) is 0 Å². The Hall–Kier alpha value is -2.25. The Morgan fingerprint density at radius 3 is 2.46 bits per heavy atom. The number of aryl methyl sites for hydroxylation is 2. The van der Waals surface area contributed by atoms with Gasteiger partial charge in [-0.25, -0.2) is 13.1 Å². The van der Waals surface area contributed by atoms with Crippen LogP contribution in [0.4, 0.5) is 5.69 Å². The Balaban J connectivity index is 2.07. The van der Waals surface area contributed by atoms with Gasteiger partial charge in [-0.1, -0.05) is 36.4 Å². The molecule has 0 fully saturated rings. The molecule has 1 atom stereocenters. The molecule has 0 saturated carbocycles. The molecule has 0 unspecified atom stereocenters. The number of benzene rings is 2. The average Bonchev–Trinajstić information content (AvgIpc) is 2.53. The summed E-state index contributed by atoms with van der Waals surface area (Å²) in [5.41, 5.74) is 1.36. The molecule has 0 aliphatic heterocycles. The largest absolute Gasteiger partial charge is 0.273 e. The van der Waals surface area contributed by atoms with Crippen molar-refractivity contribution < 1.29 is 13.3 Å². The molecule has 2 rings (SSSR count). The number of rotatable bonds is 7. The van der Waals surface area contributed by atoms with Gasteiger partial charge in [0.2, 0.25) is 10.0 Å². The Morgan fingerprint density at radius 1 is 1.17 bits per heavy atom. The Kier molecular flexibility index (Phi) is 5.69. The van der Waals surface area contributed by atoms with Gasteiger partial charge in [0.15, 0.2) is 0 Å². The monoisotopic (exact) mass is 348 g/mol. The molecule has 128 valence electrons. The topological polar surface area (TPSA) is 89.3 Å². The summed E-state index contributed by atoms with van der Waals surface area (Å²) in [7, 11) is -3.79. The van der Waals surface area contributed by atoms with Crippen LogP contribution in [0.5, 0.6) is 0 Å². The average molecular weight is 348 g/mol. The first kappa shape index (κ1) is 18.1. The molecule has 0 aliphatic rings. The Bertz CT molecular complexity index is 820. The van der Waals surface area contributed by atoms with Gasteiger partial charge in [-0.2, -0.15) is 0 Å². The van der Waals surface area contributed by atoms with Crippen molar-refractivity contribution in [3.63, 3.8) is 0 Å². The fraction of sp³-hybridized carbons (Fsp3) is 0.294. The van der Waals surface area contributed by atoms with Crippen molar-refractivity contribution in [1.82, 2.24) is 4.72 Å². The summed E-state index contributed by atoms with van der Waals surface area (Å²) in [5, 5.41) is 11.0. The number of sulfonamides is 1. The van der Waals surface area contributed by atoms with Crippen molar-refractivity contribution in [2.24, 2.45) is 0 Å². The quantitative estimate of drug-likeness (QED) is 0.614. The van der Waals surface area contributed by atoms with Crippen LogP contribution in [-0.4, -0.2) is 19.4 Å². The lowest BCUT2D eigenvalue weighted by Crippen LogP contribution is -2.33. The Labute approximate surface area is 141 Å². The zero-order chi connectivity index (χ0) is 17.7. The van der Waals surface area contributed by atoms with Crippen LogP contribution in [0.1, 0.15) is 24.5 Å². The molecule has 0 radical (unpaired) electrons. The van der Waals surface area contributed by atoms with Crippen LogP contribution in [0.3, 0.4) is 0 Å². The van der Waals surface area contributed by atoms with E-state index in [0.717, 1.165) is 18.1 Å². The highest BCUT2D eigenvalue weighted by Crippen LogP contribution is 2.22. The zero-order valence-electron chi connectivity index (χ0n) is 13.6. The molecule has 0 heterocycles. The summed E-state index contributed by atoms with van der Waals surface area (Å²) in [4.78, 5) is 10.3. The fourth-order valence-corrected chi connectivity index (χ4v) is 3.67. The highest BCUT2D eigenvalue weighted by molar-refractivity contribution is 7.89. The maximum absolute atomic E-state index is 12.4. The van der Waals surface area contributed by atoms with Crippen LogP contribution in [0, 0.1) is 17.0 Å². The van der Waals surface area contributed by atoms with E-state index >= 15 is 0 Å².